The maximum atomic E-state index is 15.7. The van der Waals surface area contributed by atoms with Crippen LogP contribution in [-0.2, 0) is 101 Å². The van der Waals surface area contributed by atoms with E-state index in [1.54, 1.807) is 54.9 Å². The zero-order chi connectivity index (χ0) is 83.1. The summed E-state index contributed by atoms with van der Waals surface area (Å²) in [5.74, 6) is -15.5. The molecule has 34 nitrogen and oxygen atoms in total. The number of carbonyl (C=O) groups excluding carboxylic acids is 11. The molecule has 0 radical (unpaired) electrons. The van der Waals surface area contributed by atoms with Gasteiger partial charge in [-0.05, 0) is 141 Å². The fraction of sp³-hybridized carbons (Fsp3) is 0.392. The quantitative estimate of drug-likeness (QED) is 0.0253. The van der Waals surface area contributed by atoms with Crippen LogP contribution in [0.3, 0.4) is 0 Å². The molecule has 0 saturated carbocycles. The third kappa shape index (κ3) is 23.6. The monoisotopic (exact) mass is 1570 g/mol. The van der Waals surface area contributed by atoms with Gasteiger partial charge in [-0.2, -0.15) is 0 Å². The third-order valence-electron chi connectivity index (χ3n) is 19.7. The average Bonchev–Trinajstić information content (AvgIpc) is 1.48. The number of aromatic nitrogens is 5. The van der Waals surface area contributed by atoms with E-state index in [2.05, 4.69) is 72.8 Å². The number of nitrogens with two attached hydrogens (primary N) is 1. The van der Waals surface area contributed by atoms with Crippen LogP contribution < -0.4 is 53.6 Å². The molecule has 4 heterocycles. The highest BCUT2D eigenvalue weighted by atomic mass is 19.1. The molecule has 606 valence electrons. The van der Waals surface area contributed by atoms with Crippen LogP contribution in [0.15, 0.2) is 135 Å². The van der Waals surface area contributed by atoms with Crippen LogP contribution in [0.1, 0.15) is 112 Å². The van der Waals surface area contributed by atoms with E-state index in [9.17, 15) is 87.9 Å². The summed E-state index contributed by atoms with van der Waals surface area (Å²) in [6, 6.07) is 13.2. The first-order valence-electron chi connectivity index (χ1n) is 36.9. The molecule has 0 unspecified atom stereocenters. The van der Waals surface area contributed by atoms with E-state index in [0.29, 0.717) is 35.2 Å². The van der Waals surface area contributed by atoms with Crippen molar-refractivity contribution >= 4 is 76.9 Å². The standard InChI is InChI=1S/C79H95FN16O18/c1-7-47-32-53(99)22-23-55(47)48-19-17-46(18-20-48)31-60(71(108)88-59(69(81)106)33-50-37-82-29-27-56(50)54-15-10-8-13-43(54)2)89-73(110)62(35-66(104)105)90-72(109)61(34-52-39-84-42-87-52)91-74(111)67(44(3)97)94-76(113)78(5,36-49-14-9-11-16-57(49)80)95-75(112)68(45(4)98)93-63(100)40-85-70(107)58(24-26-65(102)103)92-77(114)79(6)28-12-30-96(79)64(101)25-21-51-38-83-41-86-51/h8-11,13-20,22-23,27,29,32,37-39,41-42,44-45,58-62,67-68,97-99H,7,12,21,24-26,28,30-31,33-36,40H2,1-6H3,(H2,81,106)(H,83,86)(H,84,87)(H,85,107)(H,88,108)(H,89,110)(H,90,109)(H,91,111)(H,92,114)(H,93,100)(H,94,113)(H,95,112)(H,102,103)(H,104,105)/t44-,45-,58+,59+,60+,61+,62+,67+,68+,78-,79+/m1/s1. The van der Waals surface area contributed by atoms with Crippen molar-refractivity contribution in [3.8, 4) is 28.0 Å². The smallest absolute Gasteiger partial charge is 0.305 e. The zero-order valence-corrected chi connectivity index (χ0v) is 63.6. The van der Waals surface area contributed by atoms with Crippen molar-refractivity contribution in [2.45, 2.75) is 184 Å². The Morgan fingerprint density at radius 3 is 1.88 bits per heavy atom. The molecule has 35 heteroatoms. The summed E-state index contributed by atoms with van der Waals surface area (Å²) < 4.78 is 15.7. The number of aromatic amines is 2. The number of aliphatic hydroxyl groups excluding tert-OH is 2. The van der Waals surface area contributed by atoms with Crippen LogP contribution in [0.2, 0.25) is 0 Å². The van der Waals surface area contributed by atoms with Crippen LogP contribution >= 0.6 is 0 Å². The van der Waals surface area contributed by atoms with E-state index < -0.39 is 181 Å². The van der Waals surface area contributed by atoms with Crippen LogP contribution in [-0.4, -0.2) is 211 Å². The molecule has 8 rings (SSSR count). The number of nitrogens with one attached hydrogen (secondary N) is 11. The molecule has 0 aliphatic carbocycles. The molecular weight excluding hydrogens is 1480 g/mol. The van der Waals surface area contributed by atoms with E-state index in [1.165, 1.54) is 61.1 Å². The number of carboxylic acid groups (broad SMARTS) is 2. The van der Waals surface area contributed by atoms with Gasteiger partial charge in [0.05, 0.1) is 37.8 Å². The summed E-state index contributed by atoms with van der Waals surface area (Å²) in [6.45, 7) is 7.75. The van der Waals surface area contributed by atoms with Crippen molar-refractivity contribution in [3.63, 3.8) is 0 Å². The number of primary amides is 1. The largest absolute Gasteiger partial charge is 0.508 e. The number of carbonyl (C=O) groups is 13. The number of halogens is 1. The van der Waals surface area contributed by atoms with E-state index in [1.807, 2.05) is 38.1 Å². The second-order valence-corrected chi connectivity index (χ2v) is 28.4. The van der Waals surface area contributed by atoms with Crippen molar-refractivity contribution in [2.24, 2.45) is 5.73 Å². The van der Waals surface area contributed by atoms with Gasteiger partial charge in [0, 0.05) is 81.2 Å². The Hall–Kier alpha value is -12.8. The number of amides is 11. The summed E-state index contributed by atoms with van der Waals surface area (Å²) in [4.78, 5) is 200. The summed E-state index contributed by atoms with van der Waals surface area (Å²) in [6.07, 6.45) is 2.36. The number of aromatic hydroxyl groups is 1. The van der Waals surface area contributed by atoms with Crippen LogP contribution in [0.5, 0.6) is 5.75 Å². The van der Waals surface area contributed by atoms with E-state index in [0.717, 1.165) is 54.7 Å². The molecule has 1 aliphatic heterocycles. The maximum absolute atomic E-state index is 15.7. The van der Waals surface area contributed by atoms with Gasteiger partial charge in [-0.25, -0.2) is 14.4 Å². The number of benzene rings is 4. The second kappa shape index (κ2) is 39.9. The lowest BCUT2D eigenvalue weighted by atomic mass is 9.90. The highest BCUT2D eigenvalue weighted by molar-refractivity contribution is 6.01. The van der Waals surface area contributed by atoms with Gasteiger partial charge in [-0.3, -0.25) is 67.3 Å². The lowest BCUT2D eigenvalue weighted by Crippen LogP contribution is -2.67. The van der Waals surface area contributed by atoms with Gasteiger partial charge in [0.15, 0.2) is 0 Å². The predicted octanol–water partition coefficient (Wildman–Crippen LogP) is 0.833. The lowest BCUT2D eigenvalue weighted by molar-refractivity contribution is -0.145. The van der Waals surface area contributed by atoms with Crippen LogP contribution in [0, 0.1) is 12.7 Å². The van der Waals surface area contributed by atoms with E-state index in [-0.39, 0.29) is 61.6 Å². The summed E-state index contributed by atoms with van der Waals surface area (Å²) in [5, 5.41) is 74.2. The number of likely N-dealkylation sites (tertiary alicyclic amines) is 1. The van der Waals surface area contributed by atoms with Crippen molar-refractivity contribution < 1.29 is 92.3 Å². The Morgan fingerprint density at radius 2 is 1.25 bits per heavy atom. The van der Waals surface area contributed by atoms with Crippen LogP contribution in [0.4, 0.5) is 4.39 Å². The average molecular weight is 1580 g/mol. The number of phenols is 1. The maximum Gasteiger partial charge on any atom is 0.305 e. The highest BCUT2D eigenvalue weighted by Crippen LogP contribution is 2.32. The van der Waals surface area contributed by atoms with Crippen molar-refractivity contribution in [2.75, 3.05) is 13.1 Å². The first-order valence-corrected chi connectivity index (χ1v) is 36.9. The van der Waals surface area contributed by atoms with Gasteiger partial charge in [-0.1, -0.05) is 79.7 Å². The first-order chi connectivity index (χ1) is 54.2. The molecule has 11 atom stereocenters. The number of rotatable bonds is 40. The molecule has 18 N–H and O–H groups in total. The molecule has 3 aromatic heterocycles. The molecule has 7 aromatic rings. The molecule has 1 saturated heterocycles. The van der Waals surface area contributed by atoms with Crippen molar-refractivity contribution in [3.05, 3.63) is 180 Å². The number of hydrogen-bond acceptors (Lipinski definition) is 19. The lowest BCUT2D eigenvalue weighted by Gasteiger charge is -2.35. The second-order valence-electron chi connectivity index (χ2n) is 28.4. The minimum absolute atomic E-state index is 0.0126. The number of aliphatic carboxylic acids is 2. The molecule has 1 aliphatic rings. The number of pyridine rings is 1. The number of aryl methyl sites for hydroxylation is 3. The number of aliphatic hydroxyl groups is 2. The van der Waals surface area contributed by atoms with E-state index in [4.69, 9.17) is 5.73 Å². The molecule has 0 spiro atoms. The van der Waals surface area contributed by atoms with Gasteiger partial charge in [0.2, 0.25) is 65.0 Å². The molecule has 4 aromatic carbocycles. The fourth-order valence-electron chi connectivity index (χ4n) is 13.3. The molecule has 114 heavy (non-hydrogen) atoms. The van der Waals surface area contributed by atoms with Gasteiger partial charge >= 0.3 is 11.9 Å². The Bertz CT molecular complexity index is 4620. The summed E-state index contributed by atoms with van der Waals surface area (Å²) in [5.41, 5.74) is 8.40. The minimum Gasteiger partial charge on any atom is -0.508 e. The fourth-order valence-corrected chi connectivity index (χ4v) is 13.3. The number of H-pyrrole nitrogens is 2. The molecular formula is C79H95FN16O18. The first kappa shape index (κ1) is 86.8. The van der Waals surface area contributed by atoms with Gasteiger partial charge in [0.1, 0.15) is 64.9 Å². The van der Waals surface area contributed by atoms with Crippen molar-refractivity contribution in [1.82, 2.24) is 77.7 Å². The Morgan fingerprint density at radius 1 is 0.623 bits per heavy atom. The summed E-state index contributed by atoms with van der Waals surface area (Å²) >= 11 is 0. The number of phenolic OH excluding ortho intramolecular Hbond substituents is 1. The number of hydrogen-bond donors (Lipinski definition) is 17. The minimum atomic E-state index is -2.41. The SMILES string of the molecule is CCc1cc(O)ccc1-c1ccc(C[C@H](NC(=O)[C@H](CC(=O)O)NC(=O)[C@H](Cc2cnc[nH]2)NC(=O)[C@@H](NC(=O)[C@@](C)(Cc2ccccc2F)NC(=O)[C@@H](NC(=O)CNC(=O)[C@H](CCC(=O)O)NC(=O)[C@]2(C)CCCN2C(=O)CCc2cnc[nH]2)[C@@H](C)O)[C@@H](C)O)C(=O)N[C@@H](Cc2cnccc2-c2ccccc2C)C(N)=O)cc1. The van der Waals surface area contributed by atoms with Gasteiger partial charge < -0.3 is 94.0 Å². The Balaban J connectivity index is 0.993. The number of nitrogens with zero attached hydrogens (tertiary/aromatic N) is 4. The van der Waals surface area contributed by atoms with Crippen LogP contribution in [0.25, 0.3) is 22.3 Å². The topological polar surface area (TPSA) is 531 Å². The Labute approximate surface area is 654 Å². The Kier molecular flexibility index (Phi) is 30.4. The predicted molar refractivity (Wildman–Crippen MR) is 408 cm³/mol. The molecule has 0 bridgehead atoms. The normalized spacial score (nSPS) is 16.1. The molecule has 11 amide bonds. The van der Waals surface area contributed by atoms with Gasteiger partial charge in [-0.15, -0.1) is 0 Å². The van der Waals surface area contributed by atoms with E-state index >= 15 is 4.39 Å². The molecule has 1 fully saturated rings. The number of imidazole rings is 2. The highest BCUT2D eigenvalue weighted by Gasteiger charge is 2.47. The van der Waals surface area contributed by atoms with Gasteiger partial charge in [0.25, 0.3) is 0 Å². The number of carboxylic acids is 2. The zero-order valence-electron chi connectivity index (χ0n) is 63.6. The van der Waals surface area contributed by atoms with Crippen molar-refractivity contribution in [1.29, 1.82) is 0 Å². The third-order valence-corrected chi connectivity index (χ3v) is 19.7. The summed E-state index contributed by atoms with van der Waals surface area (Å²) in [7, 11) is 0.